The maximum Gasteiger partial charge on any atom is 0.251 e. The van der Waals surface area contributed by atoms with E-state index < -0.39 is 11.4 Å². The Bertz CT molecular complexity index is 1840. The number of carbonyl (C=O) groups excluding carboxylic acids is 1. The molecule has 0 bridgehead atoms. The average molecular weight is 715 g/mol. The Morgan fingerprint density at radius 2 is 1.88 bits per heavy atom. The number of amides is 1. The first-order chi connectivity index (χ1) is 24.4. The second-order valence-electron chi connectivity index (χ2n) is 14.6. The maximum absolute atomic E-state index is 14.3. The van der Waals surface area contributed by atoms with Crippen LogP contribution < -0.4 is 10.1 Å². The lowest BCUT2D eigenvalue weighted by atomic mass is 9.93. The number of aryl methyl sites for hydroxylation is 1. The van der Waals surface area contributed by atoms with Crippen LogP contribution in [-0.2, 0) is 24.4 Å². The summed E-state index contributed by atoms with van der Waals surface area (Å²) in [7, 11) is 0. The van der Waals surface area contributed by atoms with Crippen LogP contribution in [0.25, 0.3) is 11.0 Å². The lowest BCUT2D eigenvalue weighted by molar-refractivity contribution is -0.0271. The van der Waals surface area contributed by atoms with Gasteiger partial charge in [-0.1, -0.05) is 19.1 Å². The number of imidazole rings is 1. The molecule has 2 aromatic carbocycles. The number of halogens is 1. The molecule has 1 amide bonds. The van der Waals surface area contributed by atoms with E-state index in [1.54, 1.807) is 30.0 Å². The minimum atomic E-state index is -0.460. The molecule has 0 unspecified atom stereocenters. The van der Waals surface area contributed by atoms with E-state index in [0.717, 1.165) is 73.7 Å². The van der Waals surface area contributed by atoms with Crippen molar-refractivity contribution in [2.24, 2.45) is 0 Å². The van der Waals surface area contributed by atoms with Crippen LogP contribution in [0.3, 0.4) is 0 Å². The molecule has 0 aliphatic carbocycles. The number of piperidine rings is 1. The number of benzene rings is 2. The topological polar surface area (TPSA) is 105 Å². The summed E-state index contributed by atoms with van der Waals surface area (Å²) in [6, 6.07) is 17.9. The highest BCUT2D eigenvalue weighted by Crippen LogP contribution is 2.30. The van der Waals surface area contributed by atoms with Crippen LogP contribution in [0.4, 0.5) is 4.39 Å². The van der Waals surface area contributed by atoms with E-state index in [0.29, 0.717) is 36.0 Å². The molecule has 11 heteroatoms. The van der Waals surface area contributed by atoms with E-state index in [4.69, 9.17) is 24.7 Å². The van der Waals surface area contributed by atoms with Gasteiger partial charge in [0.25, 0.3) is 5.91 Å². The second-order valence-corrected chi connectivity index (χ2v) is 15.6. The summed E-state index contributed by atoms with van der Waals surface area (Å²) in [5.41, 5.74) is 3.56. The second kappa shape index (κ2) is 17.0. The third kappa shape index (κ3) is 10.3. The lowest BCUT2D eigenvalue weighted by Crippen LogP contribution is -2.44. The number of nitrogens with zero attached hydrogens (tertiary/aromatic N) is 5. The third-order valence-corrected chi connectivity index (χ3v) is 10.4. The first-order valence-corrected chi connectivity index (χ1v) is 19.2. The molecule has 3 heterocycles. The standard InChI is InChI=1S/C40H51FN6O3S/c1-7-40(4,5)50-21-17-39(2,3)45-38(48)30-13-14-34-35(24-30)47(20-22-51-6)36(43-34)26-46-18-15-29(16-19-46)33-9-8-10-37(44-33)49-27-31-12-11-28(25-42)23-32(31)41/h8-14,23-24,29H,7,15-22,26-27H2,1-6H3,(H,45,48). The van der Waals surface area contributed by atoms with Gasteiger partial charge in [-0.3, -0.25) is 9.69 Å². The van der Waals surface area contributed by atoms with Crippen LogP contribution in [0.5, 0.6) is 5.88 Å². The van der Waals surface area contributed by atoms with Crippen molar-refractivity contribution in [1.82, 2.24) is 24.8 Å². The number of hydrogen-bond acceptors (Lipinski definition) is 8. The minimum Gasteiger partial charge on any atom is -0.473 e. The van der Waals surface area contributed by atoms with Crippen molar-refractivity contribution in [1.29, 1.82) is 5.26 Å². The van der Waals surface area contributed by atoms with Gasteiger partial charge in [0.2, 0.25) is 5.88 Å². The number of rotatable bonds is 16. The Morgan fingerprint density at radius 3 is 2.59 bits per heavy atom. The molecule has 9 nitrogen and oxygen atoms in total. The van der Waals surface area contributed by atoms with Crippen LogP contribution in [-0.4, -0.2) is 68.2 Å². The number of thioether (sulfide) groups is 1. The van der Waals surface area contributed by atoms with Gasteiger partial charge in [0.05, 0.1) is 34.8 Å². The summed E-state index contributed by atoms with van der Waals surface area (Å²) in [5.74, 6) is 2.15. The molecule has 1 aliphatic rings. The Labute approximate surface area is 305 Å². The van der Waals surface area contributed by atoms with Gasteiger partial charge in [-0.2, -0.15) is 17.0 Å². The molecule has 51 heavy (non-hydrogen) atoms. The first kappa shape index (κ1) is 38.3. The van der Waals surface area contributed by atoms with Crippen LogP contribution in [0, 0.1) is 17.1 Å². The summed E-state index contributed by atoms with van der Waals surface area (Å²) in [6.07, 6.45) is 5.66. The minimum absolute atomic E-state index is 0.0430. The summed E-state index contributed by atoms with van der Waals surface area (Å²) < 4.78 is 28.5. The van der Waals surface area contributed by atoms with Crippen LogP contribution in [0.15, 0.2) is 54.6 Å². The van der Waals surface area contributed by atoms with Crippen molar-refractivity contribution in [3.63, 3.8) is 0 Å². The fraction of sp³-hybridized carbons (Fsp3) is 0.500. The predicted octanol–water partition coefficient (Wildman–Crippen LogP) is 7.87. The van der Waals surface area contributed by atoms with Gasteiger partial charge in [0.1, 0.15) is 18.2 Å². The predicted molar refractivity (Wildman–Crippen MR) is 202 cm³/mol. The highest BCUT2D eigenvalue weighted by Gasteiger charge is 2.26. The van der Waals surface area contributed by atoms with Crippen molar-refractivity contribution in [3.8, 4) is 11.9 Å². The van der Waals surface area contributed by atoms with E-state index in [1.807, 2.05) is 50.2 Å². The molecule has 2 aromatic heterocycles. The Morgan fingerprint density at radius 1 is 1.10 bits per heavy atom. The number of fused-ring (bicyclic) bond motifs is 1. The number of nitriles is 1. The molecular weight excluding hydrogens is 664 g/mol. The summed E-state index contributed by atoms with van der Waals surface area (Å²) in [6.45, 7) is 14.3. The maximum atomic E-state index is 14.3. The Kier molecular flexibility index (Phi) is 12.8. The van der Waals surface area contributed by atoms with Crippen molar-refractivity contribution < 1.29 is 18.7 Å². The summed E-state index contributed by atoms with van der Waals surface area (Å²) in [5, 5.41) is 12.2. The number of aromatic nitrogens is 3. The van der Waals surface area contributed by atoms with Gasteiger partial charge >= 0.3 is 0 Å². The van der Waals surface area contributed by atoms with Crippen LogP contribution in [0.2, 0.25) is 0 Å². The van der Waals surface area contributed by atoms with Gasteiger partial charge < -0.3 is 19.4 Å². The zero-order chi connectivity index (χ0) is 36.6. The monoisotopic (exact) mass is 714 g/mol. The molecule has 0 atom stereocenters. The first-order valence-electron chi connectivity index (χ1n) is 17.9. The molecule has 1 saturated heterocycles. The zero-order valence-corrected chi connectivity index (χ0v) is 31.6. The largest absolute Gasteiger partial charge is 0.473 e. The van der Waals surface area contributed by atoms with Gasteiger partial charge in [-0.05, 0) is 109 Å². The summed E-state index contributed by atoms with van der Waals surface area (Å²) >= 11 is 1.79. The van der Waals surface area contributed by atoms with E-state index in [1.165, 1.54) is 6.07 Å². The van der Waals surface area contributed by atoms with Crippen molar-refractivity contribution >= 4 is 28.7 Å². The average Bonchev–Trinajstić information content (AvgIpc) is 3.45. The third-order valence-electron chi connectivity index (χ3n) is 9.81. The van der Waals surface area contributed by atoms with Crippen molar-refractivity contribution in [2.75, 3.05) is 31.7 Å². The van der Waals surface area contributed by atoms with Gasteiger partial charge in [-0.15, -0.1) is 0 Å². The van der Waals surface area contributed by atoms with Gasteiger partial charge in [-0.25, -0.2) is 14.4 Å². The zero-order valence-electron chi connectivity index (χ0n) is 30.8. The van der Waals surface area contributed by atoms with Crippen LogP contribution >= 0.6 is 11.8 Å². The molecule has 1 aliphatic heterocycles. The molecule has 0 saturated carbocycles. The molecule has 4 aromatic rings. The highest BCUT2D eigenvalue weighted by molar-refractivity contribution is 7.98. The van der Waals surface area contributed by atoms with Gasteiger partial charge in [0, 0.05) is 53.2 Å². The van der Waals surface area contributed by atoms with Gasteiger partial charge in [0.15, 0.2) is 0 Å². The number of pyridine rings is 1. The smallest absolute Gasteiger partial charge is 0.251 e. The number of nitrogens with one attached hydrogen (secondary N) is 1. The van der Waals surface area contributed by atoms with Crippen molar-refractivity contribution in [2.45, 2.75) is 97.1 Å². The quantitative estimate of drug-likeness (QED) is 0.125. The van der Waals surface area contributed by atoms with E-state index in [2.05, 4.69) is 41.8 Å². The molecular formula is C40H51FN6O3S. The van der Waals surface area contributed by atoms with Crippen LogP contribution in [0.1, 0.15) is 99.2 Å². The Balaban J connectivity index is 1.21. The van der Waals surface area contributed by atoms with Crippen molar-refractivity contribution in [3.05, 3.63) is 88.6 Å². The van der Waals surface area contributed by atoms with E-state index in [-0.39, 0.29) is 23.7 Å². The Hall–Kier alpha value is -3.98. The SMILES string of the molecule is CCC(C)(C)OCCC(C)(C)NC(=O)c1ccc2nc(CN3CCC(c4cccc(OCc5ccc(C#N)cc5F)n4)CC3)n(CCSC)c2c1. The molecule has 1 N–H and O–H groups in total. The molecule has 0 spiro atoms. The fourth-order valence-electron chi connectivity index (χ4n) is 6.20. The number of hydrogen-bond donors (Lipinski definition) is 1. The summed E-state index contributed by atoms with van der Waals surface area (Å²) in [4.78, 5) is 25.7. The normalized spacial score (nSPS) is 14.5. The molecule has 272 valence electrons. The number of ether oxygens (including phenoxy) is 2. The fourth-order valence-corrected chi connectivity index (χ4v) is 6.57. The van der Waals surface area contributed by atoms with E-state index >= 15 is 0 Å². The molecule has 1 fully saturated rings. The lowest BCUT2D eigenvalue weighted by Gasteiger charge is -2.31. The highest BCUT2D eigenvalue weighted by atomic mass is 32.2. The molecule has 0 radical (unpaired) electrons. The number of carbonyl (C=O) groups is 1. The molecule has 5 rings (SSSR count). The number of likely N-dealkylation sites (tertiary alicyclic amines) is 1. The van der Waals surface area contributed by atoms with E-state index in [9.17, 15) is 9.18 Å².